The number of piperazine rings is 1. The number of pyridine rings is 1. The van der Waals surface area contributed by atoms with Gasteiger partial charge in [0.25, 0.3) is 0 Å². The Balaban J connectivity index is 1.23. The molecule has 0 aliphatic carbocycles. The van der Waals surface area contributed by atoms with E-state index in [1.54, 1.807) is 0 Å². The maximum absolute atomic E-state index is 17.3. The summed E-state index contributed by atoms with van der Waals surface area (Å²) in [4.78, 5) is 31.3. The molecule has 284 valence electrons. The molecule has 4 aromatic rings. The summed E-state index contributed by atoms with van der Waals surface area (Å²) in [6.45, 7) is 6.68. The van der Waals surface area contributed by atoms with Gasteiger partial charge in [0, 0.05) is 55.3 Å². The quantitative estimate of drug-likeness (QED) is 0.0946. The number of fused-ring (bicyclic) bond motifs is 5. The van der Waals surface area contributed by atoms with Crippen LogP contribution in [-0.4, -0.2) is 88.7 Å². The van der Waals surface area contributed by atoms with Crippen LogP contribution in [0, 0.1) is 24.0 Å². The first kappa shape index (κ1) is 36.3. The molecule has 0 spiro atoms. The number of nitrogens with zero attached hydrogens (tertiary/aromatic N) is 5. The molecule has 0 radical (unpaired) electrons. The Bertz CT molecular complexity index is 2110. The molecular weight excluding hydrogens is 697 g/mol. The van der Waals surface area contributed by atoms with Gasteiger partial charge < -0.3 is 24.4 Å². The summed E-state index contributed by atoms with van der Waals surface area (Å²) in [6, 6.07) is 6.18. The number of ether oxygens (including phenoxy) is 3. The molecule has 0 saturated carbocycles. The zero-order valence-electron chi connectivity index (χ0n) is 30.7. The Morgan fingerprint density at radius 3 is 2.63 bits per heavy atom. The van der Waals surface area contributed by atoms with Crippen molar-refractivity contribution >= 4 is 33.6 Å². The van der Waals surface area contributed by atoms with Crippen LogP contribution >= 0.6 is 0 Å². The van der Waals surface area contributed by atoms with E-state index in [1.165, 1.54) is 30.5 Å². The second-order valence-electron chi connectivity index (χ2n) is 15.2. The number of hydrogen-bond donors (Lipinski definition) is 1. The van der Waals surface area contributed by atoms with Crippen LogP contribution in [0.1, 0.15) is 77.2 Å². The van der Waals surface area contributed by atoms with E-state index in [-0.39, 0.29) is 64.3 Å². The highest BCUT2D eigenvalue weighted by atomic mass is 19.1. The first-order valence-corrected chi connectivity index (χ1v) is 19.2. The van der Waals surface area contributed by atoms with Gasteiger partial charge in [0.05, 0.1) is 16.5 Å². The lowest BCUT2D eigenvalue weighted by molar-refractivity contribution is 0.0502. The van der Waals surface area contributed by atoms with Gasteiger partial charge >= 0.3 is 12.2 Å². The van der Waals surface area contributed by atoms with Crippen LogP contribution in [0.25, 0.3) is 32.9 Å². The summed E-state index contributed by atoms with van der Waals surface area (Å²) in [7, 11) is 0. The van der Waals surface area contributed by atoms with E-state index in [1.807, 2.05) is 13.8 Å². The maximum atomic E-state index is 17.3. The highest BCUT2D eigenvalue weighted by Gasteiger charge is 2.49. The number of aromatic nitrogens is 3. The van der Waals surface area contributed by atoms with Crippen molar-refractivity contribution in [3.63, 3.8) is 0 Å². The molecule has 54 heavy (non-hydrogen) atoms. The molecule has 2 aromatic carbocycles. The van der Waals surface area contributed by atoms with Gasteiger partial charge in [-0.3, -0.25) is 9.88 Å². The second-order valence-corrected chi connectivity index (χ2v) is 15.2. The van der Waals surface area contributed by atoms with Crippen LogP contribution in [0.5, 0.6) is 11.8 Å². The summed E-state index contributed by atoms with van der Waals surface area (Å²) in [5, 5.41) is 4.65. The second kappa shape index (κ2) is 14.9. The molecule has 4 saturated heterocycles. The number of anilines is 1. The third-order valence-corrected chi connectivity index (χ3v) is 11.5. The van der Waals surface area contributed by atoms with Gasteiger partial charge in [-0.25, -0.2) is 18.0 Å². The predicted octanol–water partition coefficient (Wildman–Crippen LogP) is 7.48. The van der Waals surface area contributed by atoms with E-state index in [0.717, 1.165) is 45.1 Å². The molecule has 0 amide bonds. The number of halogens is 3. The van der Waals surface area contributed by atoms with Crippen molar-refractivity contribution < 1.29 is 32.2 Å². The minimum atomic E-state index is -0.937. The topological polar surface area (TPSA) is 102 Å². The van der Waals surface area contributed by atoms with Crippen molar-refractivity contribution in [1.82, 2.24) is 25.2 Å². The number of alkyl halides is 1. The van der Waals surface area contributed by atoms with E-state index < -0.39 is 29.5 Å². The standard InChI is InChI=1S/C41H45F3N6O4/c1-4-8-28(9-5-2)53-40(51)54-29-16-24-10-13-33(43)30(6-3)34(24)31(17-29)36-35(44)37-32(19-45-36)38(49-21-26-11-12-27(22-49)46-26)48-39(47-37)52-23-41-14-7-15-50(41)20-25(42)18-41/h3,10,13,16-17,19,25-28,46H,4-5,7-9,11-12,14-15,18,20-23H2,1-2H3/t25-,26?,27?,41+/m1/s1. The van der Waals surface area contributed by atoms with Crippen LogP contribution in [0.4, 0.5) is 23.8 Å². The molecule has 4 fully saturated rings. The molecule has 1 N–H and O–H groups in total. The van der Waals surface area contributed by atoms with Gasteiger partial charge in [0.2, 0.25) is 0 Å². The molecule has 2 unspecified atom stereocenters. The van der Waals surface area contributed by atoms with E-state index >= 15 is 8.78 Å². The molecule has 13 heteroatoms. The molecule has 4 atom stereocenters. The molecular formula is C41H45F3N6O4. The Morgan fingerprint density at radius 1 is 1.11 bits per heavy atom. The van der Waals surface area contributed by atoms with Gasteiger partial charge in [-0.1, -0.05) is 38.7 Å². The van der Waals surface area contributed by atoms with E-state index in [0.29, 0.717) is 55.5 Å². The fourth-order valence-electron chi connectivity index (χ4n) is 9.10. The van der Waals surface area contributed by atoms with Gasteiger partial charge in [-0.05, 0) is 68.7 Å². The van der Waals surface area contributed by atoms with Gasteiger partial charge in [-0.15, -0.1) is 6.42 Å². The average Bonchev–Trinajstić information content (AvgIpc) is 3.80. The predicted molar refractivity (Wildman–Crippen MR) is 200 cm³/mol. The molecule has 6 heterocycles. The number of hydrogen-bond acceptors (Lipinski definition) is 10. The zero-order chi connectivity index (χ0) is 37.6. The first-order chi connectivity index (χ1) is 26.2. The smallest absolute Gasteiger partial charge is 0.461 e. The van der Waals surface area contributed by atoms with Gasteiger partial charge in [0.1, 0.15) is 47.5 Å². The van der Waals surface area contributed by atoms with Crippen molar-refractivity contribution in [2.75, 3.05) is 37.7 Å². The van der Waals surface area contributed by atoms with Crippen LogP contribution in [0.2, 0.25) is 0 Å². The van der Waals surface area contributed by atoms with Crippen molar-refractivity contribution in [1.29, 1.82) is 0 Å². The summed E-state index contributed by atoms with van der Waals surface area (Å²) in [6.07, 6.45) is 12.4. The normalized spacial score (nSPS) is 23.6. The summed E-state index contributed by atoms with van der Waals surface area (Å²) in [5.74, 6) is 1.49. The third-order valence-electron chi connectivity index (χ3n) is 11.5. The monoisotopic (exact) mass is 742 g/mol. The molecule has 8 rings (SSSR count). The van der Waals surface area contributed by atoms with Crippen molar-refractivity contribution in [2.45, 2.75) is 102 Å². The van der Waals surface area contributed by atoms with E-state index in [2.05, 4.69) is 31.0 Å². The van der Waals surface area contributed by atoms with Crippen LogP contribution in [-0.2, 0) is 4.74 Å². The van der Waals surface area contributed by atoms with Crippen molar-refractivity contribution in [3.05, 3.63) is 47.7 Å². The Hall–Kier alpha value is -4.67. The van der Waals surface area contributed by atoms with E-state index in [9.17, 15) is 9.18 Å². The lowest BCUT2D eigenvalue weighted by Crippen LogP contribution is -2.51. The average molecular weight is 743 g/mol. The van der Waals surface area contributed by atoms with Crippen LogP contribution < -0.4 is 19.7 Å². The first-order valence-electron chi connectivity index (χ1n) is 19.2. The third kappa shape index (κ3) is 6.79. The summed E-state index contributed by atoms with van der Waals surface area (Å²) >= 11 is 0. The van der Waals surface area contributed by atoms with Crippen molar-refractivity contribution in [2.24, 2.45) is 0 Å². The number of nitrogens with one attached hydrogen (secondary N) is 1. The van der Waals surface area contributed by atoms with Crippen LogP contribution in [0.3, 0.4) is 0 Å². The largest absolute Gasteiger partial charge is 0.514 e. The van der Waals surface area contributed by atoms with Crippen molar-refractivity contribution in [3.8, 4) is 35.4 Å². The lowest BCUT2D eigenvalue weighted by atomic mass is 9.95. The minimum absolute atomic E-state index is 0.0169. The number of rotatable bonds is 11. The number of terminal acetylenes is 1. The number of benzene rings is 2. The Kier molecular flexibility index (Phi) is 10.00. The molecule has 4 aliphatic heterocycles. The molecule has 2 bridgehead atoms. The number of carbonyl (C=O) groups excluding carboxylic acids is 1. The molecule has 2 aromatic heterocycles. The van der Waals surface area contributed by atoms with Gasteiger partial charge in [0.15, 0.2) is 5.82 Å². The molecule has 10 nitrogen and oxygen atoms in total. The molecule has 4 aliphatic rings. The number of carbonyl (C=O) groups is 1. The van der Waals surface area contributed by atoms with E-state index in [4.69, 9.17) is 25.6 Å². The Morgan fingerprint density at radius 2 is 1.89 bits per heavy atom. The lowest BCUT2D eigenvalue weighted by Gasteiger charge is -2.34. The summed E-state index contributed by atoms with van der Waals surface area (Å²) < 4.78 is 64.7. The highest BCUT2D eigenvalue weighted by Crippen LogP contribution is 2.42. The zero-order valence-corrected chi connectivity index (χ0v) is 30.7. The maximum Gasteiger partial charge on any atom is 0.514 e. The minimum Gasteiger partial charge on any atom is -0.461 e. The van der Waals surface area contributed by atoms with Gasteiger partial charge in [-0.2, -0.15) is 9.97 Å². The fraction of sp³-hybridized carbons (Fsp3) is 0.512. The Labute approximate surface area is 312 Å². The fourth-order valence-corrected chi connectivity index (χ4v) is 9.10. The van der Waals surface area contributed by atoms with Crippen LogP contribution in [0.15, 0.2) is 30.5 Å². The highest BCUT2D eigenvalue weighted by molar-refractivity contribution is 6.03. The summed E-state index contributed by atoms with van der Waals surface area (Å²) in [5.41, 5.74) is -0.645. The SMILES string of the molecule is C#Cc1c(F)ccc2cc(OC(=O)OC(CCC)CCC)cc(-c3ncc4c(N5CC6CCC(C5)N6)nc(OC[C@@]56CCCN5C[C@H](F)C6)nc4c3F)c12.